The smallest absolute Gasteiger partial charge is 0.170 e. The molecule has 106 valence electrons. The molecule has 0 amide bonds. The van der Waals surface area contributed by atoms with Crippen molar-refractivity contribution in [3.8, 4) is 0 Å². The van der Waals surface area contributed by atoms with Gasteiger partial charge in [0.25, 0.3) is 0 Å². The second kappa shape index (κ2) is 6.88. The molecule has 0 aromatic heterocycles. The van der Waals surface area contributed by atoms with Crippen molar-refractivity contribution in [2.75, 3.05) is 32.8 Å². The van der Waals surface area contributed by atoms with Crippen molar-refractivity contribution in [2.45, 2.75) is 58.7 Å². The van der Waals surface area contributed by atoms with Crippen LogP contribution < -0.4 is 0 Å². The normalized spacial score (nSPS) is 24.2. The molecule has 1 aliphatic carbocycles. The maximum atomic E-state index is 5.66. The van der Waals surface area contributed by atoms with Crippen molar-refractivity contribution < 1.29 is 9.47 Å². The lowest BCUT2D eigenvalue weighted by Gasteiger charge is -2.33. The second-order valence-corrected chi connectivity index (χ2v) is 5.89. The zero-order valence-corrected chi connectivity index (χ0v) is 12.1. The topological polar surface area (TPSA) is 21.7 Å². The van der Waals surface area contributed by atoms with E-state index >= 15 is 0 Å². The monoisotopic (exact) mass is 255 g/mol. The first-order chi connectivity index (χ1) is 8.78. The Labute approximate surface area is 112 Å². The van der Waals surface area contributed by atoms with E-state index in [1.165, 1.54) is 51.6 Å². The molecule has 0 aromatic carbocycles. The SMILES string of the molecule is CCOC(CN1CCC2(CCCCC2)C1)OCC. The minimum Gasteiger partial charge on any atom is -0.352 e. The van der Waals surface area contributed by atoms with E-state index in [-0.39, 0.29) is 6.29 Å². The molecule has 2 rings (SSSR count). The Morgan fingerprint density at radius 3 is 2.28 bits per heavy atom. The molecule has 1 saturated heterocycles. The molecule has 3 nitrogen and oxygen atoms in total. The van der Waals surface area contributed by atoms with Crippen molar-refractivity contribution in [1.82, 2.24) is 4.90 Å². The van der Waals surface area contributed by atoms with Gasteiger partial charge in [-0.3, -0.25) is 4.90 Å². The molecular formula is C15H29NO2. The quantitative estimate of drug-likeness (QED) is 0.681. The summed E-state index contributed by atoms with van der Waals surface area (Å²) in [6, 6.07) is 0. The predicted octanol–water partition coefficient (Wildman–Crippen LogP) is 3.04. The third-order valence-electron chi connectivity index (χ3n) is 4.54. The molecule has 0 unspecified atom stereocenters. The fourth-order valence-electron chi connectivity index (χ4n) is 3.63. The van der Waals surface area contributed by atoms with Crippen LogP contribution in [-0.4, -0.2) is 44.0 Å². The van der Waals surface area contributed by atoms with Crippen molar-refractivity contribution >= 4 is 0 Å². The molecule has 0 aromatic rings. The molecule has 18 heavy (non-hydrogen) atoms. The van der Waals surface area contributed by atoms with Crippen LogP contribution in [0.2, 0.25) is 0 Å². The summed E-state index contributed by atoms with van der Waals surface area (Å²) in [6.45, 7) is 9.01. The molecule has 0 bridgehead atoms. The molecule has 3 heteroatoms. The predicted molar refractivity (Wildman–Crippen MR) is 73.6 cm³/mol. The minimum atomic E-state index is -0.0289. The summed E-state index contributed by atoms with van der Waals surface area (Å²) < 4.78 is 11.3. The highest BCUT2D eigenvalue weighted by molar-refractivity contribution is 4.91. The van der Waals surface area contributed by atoms with Gasteiger partial charge in [0.1, 0.15) is 0 Å². The van der Waals surface area contributed by atoms with Crippen LogP contribution in [0.25, 0.3) is 0 Å². The molecule has 2 aliphatic rings. The Hall–Kier alpha value is -0.120. The molecule has 2 fully saturated rings. The van der Waals surface area contributed by atoms with Crippen LogP contribution in [0, 0.1) is 5.41 Å². The van der Waals surface area contributed by atoms with E-state index in [1.807, 2.05) is 13.8 Å². The van der Waals surface area contributed by atoms with Crippen LogP contribution in [0.4, 0.5) is 0 Å². The van der Waals surface area contributed by atoms with Gasteiger partial charge in [0.05, 0.1) is 0 Å². The zero-order chi connectivity index (χ0) is 12.8. The van der Waals surface area contributed by atoms with Crippen LogP contribution >= 0.6 is 0 Å². The van der Waals surface area contributed by atoms with Gasteiger partial charge >= 0.3 is 0 Å². The van der Waals surface area contributed by atoms with Gasteiger partial charge in [-0.1, -0.05) is 19.3 Å². The summed E-state index contributed by atoms with van der Waals surface area (Å²) >= 11 is 0. The molecule has 0 N–H and O–H groups in total. The number of likely N-dealkylation sites (tertiary alicyclic amines) is 1. The highest BCUT2D eigenvalue weighted by Crippen LogP contribution is 2.43. The van der Waals surface area contributed by atoms with Crippen molar-refractivity contribution in [1.29, 1.82) is 0 Å². The number of hydrogen-bond donors (Lipinski definition) is 0. The van der Waals surface area contributed by atoms with E-state index in [0.717, 1.165) is 19.8 Å². The summed E-state index contributed by atoms with van der Waals surface area (Å²) in [5.74, 6) is 0. The summed E-state index contributed by atoms with van der Waals surface area (Å²) in [6.07, 6.45) is 8.57. The standard InChI is InChI=1S/C15H29NO2/c1-3-17-14(18-4-2)12-16-11-10-15(13-16)8-6-5-7-9-15/h14H,3-13H2,1-2H3. The highest BCUT2D eigenvalue weighted by atomic mass is 16.7. The Morgan fingerprint density at radius 1 is 1.00 bits per heavy atom. The Morgan fingerprint density at radius 2 is 1.67 bits per heavy atom. The number of nitrogens with zero attached hydrogens (tertiary/aromatic N) is 1. The Kier molecular flexibility index (Phi) is 5.46. The van der Waals surface area contributed by atoms with Gasteiger partial charge in [-0.15, -0.1) is 0 Å². The van der Waals surface area contributed by atoms with E-state index in [0.29, 0.717) is 5.41 Å². The molecule has 1 heterocycles. The van der Waals surface area contributed by atoms with E-state index in [9.17, 15) is 0 Å². The first kappa shape index (κ1) is 14.3. The second-order valence-electron chi connectivity index (χ2n) is 5.89. The molecule has 1 spiro atoms. The van der Waals surface area contributed by atoms with Crippen LogP contribution in [0.3, 0.4) is 0 Å². The molecule has 1 aliphatic heterocycles. The van der Waals surface area contributed by atoms with E-state index in [4.69, 9.17) is 9.47 Å². The van der Waals surface area contributed by atoms with Crippen molar-refractivity contribution in [2.24, 2.45) is 5.41 Å². The molecule has 0 radical (unpaired) electrons. The van der Waals surface area contributed by atoms with Crippen molar-refractivity contribution in [3.63, 3.8) is 0 Å². The van der Waals surface area contributed by atoms with Gasteiger partial charge in [0.2, 0.25) is 0 Å². The maximum Gasteiger partial charge on any atom is 0.170 e. The van der Waals surface area contributed by atoms with E-state index in [2.05, 4.69) is 4.90 Å². The van der Waals surface area contributed by atoms with Gasteiger partial charge in [-0.2, -0.15) is 0 Å². The first-order valence-electron chi connectivity index (χ1n) is 7.73. The Balaban J connectivity index is 1.80. The van der Waals surface area contributed by atoms with Gasteiger partial charge in [-0.25, -0.2) is 0 Å². The van der Waals surface area contributed by atoms with Gasteiger partial charge in [-0.05, 0) is 45.1 Å². The average Bonchev–Trinajstić information content (AvgIpc) is 2.74. The van der Waals surface area contributed by atoms with Gasteiger partial charge in [0.15, 0.2) is 6.29 Å². The fourth-order valence-corrected chi connectivity index (χ4v) is 3.63. The van der Waals surface area contributed by atoms with E-state index < -0.39 is 0 Å². The van der Waals surface area contributed by atoms with Crippen LogP contribution in [0.15, 0.2) is 0 Å². The number of ether oxygens (including phenoxy) is 2. The minimum absolute atomic E-state index is 0.0289. The number of hydrogen-bond acceptors (Lipinski definition) is 3. The third kappa shape index (κ3) is 3.69. The number of rotatable bonds is 6. The van der Waals surface area contributed by atoms with Crippen LogP contribution in [0.5, 0.6) is 0 Å². The maximum absolute atomic E-state index is 5.66. The lowest BCUT2D eigenvalue weighted by molar-refractivity contribution is -0.146. The zero-order valence-electron chi connectivity index (χ0n) is 12.1. The fraction of sp³-hybridized carbons (Fsp3) is 1.00. The average molecular weight is 255 g/mol. The lowest BCUT2D eigenvalue weighted by Crippen LogP contribution is -2.36. The van der Waals surface area contributed by atoms with E-state index in [1.54, 1.807) is 0 Å². The van der Waals surface area contributed by atoms with Crippen molar-refractivity contribution in [3.05, 3.63) is 0 Å². The highest BCUT2D eigenvalue weighted by Gasteiger charge is 2.39. The summed E-state index contributed by atoms with van der Waals surface area (Å²) in [4.78, 5) is 2.56. The Bertz CT molecular complexity index is 233. The van der Waals surface area contributed by atoms with Crippen LogP contribution in [-0.2, 0) is 9.47 Å². The van der Waals surface area contributed by atoms with Gasteiger partial charge in [0, 0.05) is 26.3 Å². The molecule has 0 atom stereocenters. The largest absolute Gasteiger partial charge is 0.352 e. The molecule has 1 saturated carbocycles. The first-order valence-corrected chi connectivity index (χ1v) is 7.73. The molecular weight excluding hydrogens is 226 g/mol. The summed E-state index contributed by atoms with van der Waals surface area (Å²) in [5, 5.41) is 0. The lowest BCUT2D eigenvalue weighted by atomic mass is 9.73. The summed E-state index contributed by atoms with van der Waals surface area (Å²) in [5.41, 5.74) is 0.640. The van der Waals surface area contributed by atoms with Crippen LogP contribution in [0.1, 0.15) is 52.4 Å². The third-order valence-corrected chi connectivity index (χ3v) is 4.54. The summed E-state index contributed by atoms with van der Waals surface area (Å²) in [7, 11) is 0. The van der Waals surface area contributed by atoms with Gasteiger partial charge < -0.3 is 9.47 Å².